The summed E-state index contributed by atoms with van der Waals surface area (Å²) in [5, 5.41) is 12.3. The lowest BCUT2D eigenvalue weighted by Crippen LogP contribution is -2.32. The Balaban J connectivity index is 1.58. The first kappa shape index (κ1) is 23.1. The lowest BCUT2D eigenvalue weighted by atomic mass is 9.85. The van der Waals surface area contributed by atoms with Crippen molar-refractivity contribution in [2.75, 3.05) is 7.11 Å². The molecule has 6 rings (SSSR count). The molecule has 186 valence electrons. The van der Waals surface area contributed by atoms with E-state index >= 15 is 0 Å². The van der Waals surface area contributed by atoms with Crippen LogP contribution in [0.25, 0.3) is 22.3 Å². The van der Waals surface area contributed by atoms with Gasteiger partial charge in [-0.1, -0.05) is 37.3 Å². The van der Waals surface area contributed by atoms with Crippen LogP contribution in [0.2, 0.25) is 0 Å². The average molecular weight is 496 g/mol. The van der Waals surface area contributed by atoms with Gasteiger partial charge in [-0.15, -0.1) is 0 Å². The van der Waals surface area contributed by atoms with Gasteiger partial charge in [0.2, 0.25) is 0 Å². The maximum absolute atomic E-state index is 13.7. The van der Waals surface area contributed by atoms with E-state index in [4.69, 9.17) is 19.5 Å². The molecule has 2 aliphatic heterocycles. The molecule has 37 heavy (non-hydrogen) atoms. The van der Waals surface area contributed by atoms with E-state index in [9.17, 15) is 14.7 Å². The fraction of sp³-hybridized carbons (Fsp3) is 0.241. The summed E-state index contributed by atoms with van der Waals surface area (Å²) in [5.74, 6) is 0.134. The number of aromatic nitrogens is 2. The third-order valence-corrected chi connectivity index (χ3v) is 7.31. The molecule has 0 bridgehead atoms. The highest BCUT2D eigenvalue weighted by atomic mass is 16.5. The van der Waals surface area contributed by atoms with Crippen LogP contribution >= 0.6 is 0 Å². The number of rotatable bonds is 4. The van der Waals surface area contributed by atoms with Crippen molar-refractivity contribution < 1.29 is 19.4 Å². The minimum atomic E-state index is -1.48. The highest BCUT2D eigenvalue weighted by Crippen LogP contribution is 2.40. The molecule has 2 aromatic heterocycles. The Morgan fingerprint density at radius 1 is 1.16 bits per heavy atom. The number of para-hydroxylation sites is 3. The molecular weight excluding hydrogens is 470 g/mol. The number of esters is 1. The number of nitrogens with zero attached hydrogens (tertiary/aromatic N) is 3. The SMILES string of the molecule is CCC1(O)CC(=O)OCc2c1cc1n(c2=O)Cc2c-1nc1ccccc1c2C=Nc1ccccc1OC. The summed E-state index contributed by atoms with van der Waals surface area (Å²) in [6.45, 7) is 1.92. The van der Waals surface area contributed by atoms with Crippen LogP contribution in [0, 0.1) is 0 Å². The standard InChI is InChI=1S/C29H25N3O5/c1-3-29(35)13-26(33)37-16-20-21(29)12-24-27-19(15-32(24)28(20)34)18(17-8-4-5-9-22(17)31-27)14-30-23-10-6-7-11-25(23)36-2/h4-12,14,35H,3,13,15-16H2,1-2H3. The highest BCUT2D eigenvalue weighted by molar-refractivity contribution is 6.03. The van der Waals surface area contributed by atoms with Crippen LogP contribution in [0.15, 0.2) is 64.4 Å². The van der Waals surface area contributed by atoms with Crippen molar-refractivity contribution in [3.63, 3.8) is 0 Å². The van der Waals surface area contributed by atoms with E-state index in [2.05, 4.69) is 0 Å². The van der Waals surface area contributed by atoms with Gasteiger partial charge in [0.15, 0.2) is 0 Å². The predicted octanol–water partition coefficient (Wildman–Crippen LogP) is 4.23. The Hall–Kier alpha value is -4.30. The monoisotopic (exact) mass is 495 g/mol. The van der Waals surface area contributed by atoms with Crippen LogP contribution in [-0.2, 0) is 28.3 Å². The van der Waals surface area contributed by atoms with Gasteiger partial charge in [-0.25, -0.2) is 4.98 Å². The van der Waals surface area contributed by atoms with E-state index < -0.39 is 11.6 Å². The molecule has 2 aromatic carbocycles. The smallest absolute Gasteiger partial charge is 0.309 e. The second kappa shape index (κ2) is 8.67. The van der Waals surface area contributed by atoms with E-state index in [1.165, 1.54) is 0 Å². The van der Waals surface area contributed by atoms with Gasteiger partial charge in [-0.3, -0.25) is 14.6 Å². The maximum atomic E-state index is 13.7. The van der Waals surface area contributed by atoms with Gasteiger partial charge in [0.25, 0.3) is 5.56 Å². The first-order valence-corrected chi connectivity index (χ1v) is 12.2. The summed E-state index contributed by atoms with van der Waals surface area (Å²) in [6.07, 6.45) is 1.87. The summed E-state index contributed by atoms with van der Waals surface area (Å²) in [7, 11) is 1.61. The Labute approximate surface area is 212 Å². The van der Waals surface area contributed by atoms with Crippen molar-refractivity contribution in [3.05, 3.63) is 87.2 Å². The molecule has 0 saturated carbocycles. The van der Waals surface area contributed by atoms with Gasteiger partial charge in [0, 0.05) is 22.7 Å². The first-order chi connectivity index (χ1) is 17.9. The molecule has 8 heteroatoms. The number of carbonyl (C=O) groups is 1. The van der Waals surface area contributed by atoms with Gasteiger partial charge >= 0.3 is 5.97 Å². The number of methoxy groups -OCH3 is 1. The zero-order chi connectivity index (χ0) is 25.7. The molecule has 1 N–H and O–H groups in total. The number of fused-ring (bicyclic) bond motifs is 5. The lowest BCUT2D eigenvalue weighted by Gasteiger charge is -2.26. The summed E-state index contributed by atoms with van der Waals surface area (Å²) in [5.41, 5.74) is 3.43. The zero-order valence-corrected chi connectivity index (χ0v) is 20.5. The lowest BCUT2D eigenvalue weighted by molar-refractivity contribution is -0.149. The van der Waals surface area contributed by atoms with Crippen molar-refractivity contribution in [2.45, 2.75) is 38.5 Å². The van der Waals surface area contributed by atoms with Crippen LogP contribution in [0.3, 0.4) is 0 Å². The third-order valence-electron chi connectivity index (χ3n) is 7.31. The fourth-order valence-electron chi connectivity index (χ4n) is 5.28. The van der Waals surface area contributed by atoms with Crippen molar-refractivity contribution in [3.8, 4) is 17.1 Å². The van der Waals surface area contributed by atoms with Crippen LogP contribution in [0.1, 0.15) is 42.0 Å². The minimum Gasteiger partial charge on any atom is -0.494 e. The topological polar surface area (TPSA) is 103 Å². The normalized spacial score (nSPS) is 18.3. The van der Waals surface area contributed by atoms with Crippen LogP contribution < -0.4 is 10.3 Å². The van der Waals surface area contributed by atoms with Crippen LogP contribution in [0.5, 0.6) is 5.75 Å². The summed E-state index contributed by atoms with van der Waals surface area (Å²) in [4.78, 5) is 35.5. The number of pyridine rings is 2. The second-order valence-electron chi connectivity index (χ2n) is 9.34. The molecule has 8 nitrogen and oxygen atoms in total. The Morgan fingerprint density at radius 3 is 2.76 bits per heavy atom. The molecular formula is C29H25N3O5. The number of hydrogen-bond acceptors (Lipinski definition) is 7. The molecule has 4 heterocycles. The molecule has 0 aliphatic carbocycles. The van der Waals surface area contributed by atoms with Crippen LogP contribution in [-0.4, -0.2) is 34.0 Å². The van der Waals surface area contributed by atoms with Gasteiger partial charge < -0.3 is 19.1 Å². The van der Waals surface area contributed by atoms with E-state index in [1.807, 2.05) is 48.5 Å². The van der Waals surface area contributed by atoms with Gasteiger partial charge in [0.05, 0.1) is 42.5 Å². The van der Waals surface area contributed by atoms with E-state index in [0.29, 0.717) is 40.5 Å². The van der Waals surface area contributed by atoms with Crippen molar-refractivity contribution in [1.82, 2.24) is 9.55 Å². The summed E-state index contributed by atoms with van der Waals surface area (Å²) in [6, 6.07) is 17.1. The minimum absolute atomic E-state index is 0.163. The predicted molar refractivity (Wildman–Crippen MR) is 139 cm³/mol. The number of carbonyl (C=O) groups excluding carboxylic acids is 1. The van der Waals surface area contributed by atoms with E-state index in [0.717, 1.165) is 22.0 Å². The van der Waals surface area contributed by atoms with Gasteiger partial charge in [0.1, 0.15) is 23.6 Å². The molecule has 0 saturated heterocycles. The molecule has 4 aromatic rings. The zero-order valence-electron chi connectivity index (χ0n) is 20.5. The number of aliphatic imine (C=N–C) groups is 1. The third kappa shape index (κ3) is 3.64. The number of benzene rings is 2. The second-order valence-corrected chi connectivity index (χ2v) is 9.34. The van der Waals surface area contributed by atoms with Crippen molar-refractivity contribution in [1.29, 1.82) is 0 Å². The van der Waals surface area contributed by atoms with Crippen molar-refractivity contribution >= 4 is 28.8 Å². The summed E-state index contributed by atoms with van der Waals surface area (Å²) < 4.78 is 12.4. The number of ether oxygens (including phenoxy) is 2. The van der Waals surface area contributed by atoms with Gasteiger partial charge in [-0.05, 0) is 36.2 Å². The molecule has 0 amide bonds. The molecule has 1 atom stereocenters. The molecule has 2 aliphatic rings. The first-order valence-electron chi connectivity index (χ1n) is 12.2. The average Bonchev–Trinajstić information content (AvgIpc) is 3.22. The Kier molecular flexibility index (Phi) is 5.42. The maximum Gasteiger partial charge on any atom is 0.309 e. The largest absolute Gasteiger partial charge is 0.494 e. The van der Waals surface area contributed by atoms with Crippen molar-refractivity contribution in [2.24, 2.45) is 4.99 Å². The quantitative estimate of drug-likeness (QED) is 0.296. The molecule has 0 spiro atoms. The Bertz CT molecular complexity index is 1670. The van der Waals surface area contributed by atoms with E-state index in [1.54, 1.807) is 30.9 Å². The summed E-state index contributed by atoms with van der Waals surface area (Å²) >= 11 is 0. The number of hydrogen-bond donors (Lipinski definition) is 1. The highest BCUT2D eigenvalue weighted by Gasteiger charge is 2.39. The van der Waals surface area contributed by atoms with Gasteiger partial charge in [-0.2, -0.15) is 0 Å². The Morgan fingerprint density at radius 2 is 1.95 bits per heavy atom. The van der Waals surface area contributed by atoms with E-state index in [-0.39, 0.29) is 25.0 Å². The molecule has 0 fully saturated rings. The van der Waals surface area contributed by atoms with Crippen LogP contribution in [0.4, 0.5) is 5.69 Å². The molecule has 0 radical (unpaired) electrons. The number of aliphatic hydroxyl groups is 1. The molecule has 1 unspecified atom stereocenters. The number of cyclic esters (lactones) is 1. The fourth-order valence-corrected chi connectivity index (χ4v) is 5.28.